The van der Waals surface area contributed by atoms with Crippen molar-refractivity contribution in [3.8, 4) is 5.75 Å². The quantitative estimate of drug-likeness (QED) is 0.488. The van der Waals surface area contributed by atoms with Crippen molar-refractivity contribution >= 4 is 5.69 Å². The molecule has 0 saturated carbocycles. The van der Waals surface area contributed by atoms with E-state index in [1.54, 1.807) is 19.2 Å². The maximum absolute atomic E-state index is 10.9. The molecule has 0 bridgehead atoms. The lowest BCUT2D eigenvalue weighted by molar-refractivity contribution is -0.384. The zero-order valence-electron chi connectivity index (χ0n) is 15.8. The lowest BCUT2D eigenvalue weighted by Crippen LogP contribution is -2.29. The second-order valence-corrected chi connectivity index (χ2v) is 7.05. The molecule has 0 radical (unpaired) electrons. The number of hydrogen-bond acceptors (Lipinski definition) is 4. The predicted octanol–water partition coefficient (Wildman–Crippen LogP) is 4.40. The smallest absolute Gasteiger partial charge is 0.269 e. The average molecular weight is 377 g/mol. The summed E-state index contributed by atoms with van der Waals surface area (Å²) in [5.41, 5.74) is 3.63. The van der Waals surface area contributed by atoms with Crippen LogP contribution >= 0.6 is 0 Å². The Morgan fingerprint density at radius 2 is 1.93 bits per heavy atom. The number of aromatic nitrogens is 1. The van der Waals surface area contributed by atoms with E-state index in [-0.39, 0.29) is 16.7 Å². The Labute approximate surface area is 164 Å². The van der Waals surface area contributed by atoms with Crippen LogP contribution in [0.4, 0.5) is 5.69 Å². The van der Waals surface area contributed by atoms with Gasteiger partial charge in [-0.15, -0.1) is 0 Å². The molecule has 1 aromatic heterocycles. The fourth-order valence-corrected chi connectivity index (χ4v) is 3.96. The molecule has 2 heterocycles. The summed E-state index contributed by atoms with van der Waals surface area (Å²) in [6.45, 7) is 2.66. The Balaban J connectivity index is 1.70. The number of methoxy groups -OCH3 is 1. The molecule has 0 unspecified atom stereocenters. The van der Waals surface area contributed by atoms with Crippen LogP contribution in [0.5, 0.6) is 5.75 Å². The number of aryl methyl sites for hydroxylation is 1. The van der Waals surface area contributed by atoms with Crippen molar-refractivity contribution < 1.29 is 9.66 Å². The van der Waals surface area contributed by atoms with Crippen molar-refractivity contribution in [3.63, 3.8) is 0 Å². The van der Waals surface area contributed by atoms with Crippen LogP contribution in [0.3, 0.4) is 0 Å². The fourth-order valence-electron chi connectivity index (χ4n) is 3.96. The summed E-state index contributed by atoms with van der Waals surface area (Å²) < 4.78 is 7.77. The van der Waals surface area contributed by atoms with Crippen molar-refractivity contribution in [2.45, 2.75) is 25.6 Å². The van der Waals surface area contributed by atoms with Crippen LogP contribution in [0.2, 0.25) is 0 Å². The van der Waals surface area contributed by atoms with Crippen LogP contribution in [0.15, 0.2) is 66.9 Å². The molecule has 28 heavy (non-hydrogen) atoms. The van der Waals surface area contributed by atoms with Crippen molar-refractivity contribution in [3.05, 3.63) is 93.8 Å². The monoisotopic (exact) mass is 377 g/mol. The van der Waals surface area contributed by atoms with Crippen LogP contribution in [-0.2, 0) is 13.1 Å². The molecule has 0 fully saturated rings. The first-order valence-electron chi connectivity index (χ1n) is 9.42. The Kier molecular flexibility index (Phi) is 5.12. The van der Waals surface area contributed by atoms with E-state index in [0.717, 1.165) is 37.4 Å². The number of nitro benzene ring substituents is 1. The zero-order valence-corrected chi connectivity index (χ0v) is 15.8. The average Bonchev–Trinajstić information content (AvgIpc) is 3.10. The molecule has 0 amide bonds. The Morgan fingerprint density at radius 1 is 1.11 bits per heavy atom. The fraction of sp³-hybridized carbons (Fsp3) is 0.273. The minimum atomic E-state index is -0.359. The third-order valence-electron chi connectivity index (χ3n) is 5.30. The van der Waals surface area contributed by atoms with Crippen LogP contribution in [0.1, 0.15) is 29.3 Å². The van der Waals surface area contributed by atoms with E-state index in [1.165, 1.54) is 11.3 Å². The SMILES string of the molecule is COc1cccc([C@@H]2c3cccn3CCCN2Cc2ccc([N+](=O)[O-])cc2)c1. The Bertz CT molecular complexity index is 965. The summed E-state index contributed by atoms with van der Waals surface area (Å²) in [7, 11) is 1.68. The van der Waals surface area contributed by atoms with E-state index in [4.69, 9.17) is 4.74 Å². The first-order valence-corrected chi connectivity index (χ1v) is 9.42. The molecule has 1 atom stereocenters. The summed E-state index contributed by atoms with van der Waals surface area (Å²) >= 11 is 0. The summed E-state index contributed by atoms with van der Waals surface area (Å²) in [6.07, 6.45) is 3.19. The van der Waals surface area contributed by atoms with Gasteiger partial charge in [0, 0.05) is 43.7 Å². The highest BCUT2D eigenvalue weighted by atomic mass is 16.6. The van der Waals surface area contributed by atoms with Gasteiger partial charge in [-0.1, -0.05) is 24.3 Å². The lowest BCUT2D eigenvalue weighted by Gasteiger charge is -2.31. The summed E-state index contributed by atoms with van der Waals surface area (Å²) in [5, 5.41) is 10.9. The lowest BCUT2D eigenvalue weighted by atomic mass is 10.0. The Morgan fingerprint density at radius 3 is 2.68 bits per heavy atom. The van der Waals surface area contributed by atoms with Crippen molar-refractivity contribution in [1.82, 2.24) is 9.47 Å². The van der Waals surface area contributed by atoms with E-state index in [0.29, 0.717) is 0 Å². The number of ether oxygens (including phenoxy) is 1. The number of nitro groups is 1. The molecule has 144 valence electrons. The van der Waals surface area contributed by atoms with Gasteiger partial charge in [-0.3, -0.25) is 15.0 Å². The second kappa shape index (κ2) is 7.86. The molecule has 2 aromatic carbocycles. The van der Waals surface area contributed by atoms with Gasteiger partial charge in [0.05, 0.1) is 18.1 Å². The molecule has 0 N–H and O–H groups in total. The highest BCUT2D eigenvalue weighted by Gasteiger charge is 2.27. The van der Waals surface area contributed by atoms with Crippen molar-refractivity contribution in [2.24, 2.45) is 0 Å². The number of rotatable bonds is 5. The Hall–Kier alpha value is -3.12. The third kappa shape index (κ3) is 3.64. The zero-order chi connectivity index (χ0) is 19.5. The third-order valence-corrected chi connectivity index (χ3v) is 5.30. The number of nitrogens with zero attached hydrogens (tertiary/aromatic N) is 3. The van der Waals surface area contributed by atoms with Gasteiger partial charge in [0.2, 0.25) is 0 Å². The molecule has 1 aliphatic heterocycles. The summed E-state index contributed by atoms with van der Waals surface area (Å²) in [5.74, 6) is 0.843. The maximum atomic E-state index is 10.9. The van der Waals surface area contributed by atoms with Gasteiger partial charge in [0.15, 0.2) is 0 Å². The molecular weight excluding hydrogens is 354 g/mol. The molecule has 0 aliphatic carbocycles. The van der Waals surface area contributed by atoms with E-state index >= 15 is 0 Å². The molecule has 0 spiro atoms. The van der Waals surface area contributed by atoms with Gasteiger partial charge in [-0.25, -0.2) is 0 Å². The molecule has 3 aromatic rings. The van der Waals surface area contributed by atoms with Crippen LogP contribution in [-0.4, -0.2) is 28.0 Å². The van der Waals surface area contributed by atoms with Gasteiger partial charge < -0.3 is 9.30 Å². The predicted molar refractivity (Wildman–Crippen MR) is 107 cm³/mol. The second-order valence-electron chi connectivity index (χ2n) is 7.05. The topological polar surface area (TPSA) is 60.5 Å². The molecule has 6 heteroatoms. The first-order chi connectivity index (χ1) is 13.7. The van der Waals surface area contributed by atoms with Crippen molar-refractivity contribution in [2.75, 3.05) is 13.7 Å². The van der Waals surface area contributed by atoms with Crippen LogP contribution < -0.4 is 4.74 Å². The van der Waals surface area contributed by atoms with E-state index in [9.17, 15) is 10.1 Å². The molecule has 6 nitrogen and oxygen atoms in total. The molecule has 0 saturated heterocycles. The summed E-state index contributed by atoms with van der Waals surface area (Å²) in [4.78, 5) is 13.0. The minimum Gasteiger partial charge on any atom is -0.497 e. The molecular formula is C22H23N3O3. The number of non-ortho nitro benzene ring substituents is 1. The minimum absolute atomic E-state index is 0.0998. The summed E-state index contributed by atoms with van der Waals surface area (Å²) in [6, 6.07) is 19.5. The van der Waals surface area contributed by atoms with Gasteiger partial charge in [-0.05, 0) is 41.8 Å². The van der Waals surface area contributed by atoms with Crippen molar-refractivity contribution in [1.29, 1.82) is 0 Å². The largest absolute Gasteiger partial charge is 0.497 e. The highest BCUT2D eigenvalue weighted by molar-refractivity contribution is 5.37. The number of hydrogen-bond donors (Lipinski definition) is 0. The van der Waals surface area contributed by atoms with Gasteiger partial charge in [-0.2, -0.15) is 0 Å². The van der Waals surface area contributed by atoms with E-state index < -0.39 is 0 Å². The van der Waals surface area contributed by atoms with E-state index in [1.807, 2.05) is 24.3 Å². The number of fused-ring (bicyclic) bond motifs is 1. The normalized spacial score (nSPS) is 17.0. The standard InChI is InChI=1S/C22H23N3O3/c1-28-20-6-2-5-18(15-20)22-21-7-3-12-23(21)13-4-14-24(22)16-17-8-10-19(11-9-17)25(26)27/h2-3,5-12,15,22H,4,13-14,16H2,1H3/t22-/m1/s1. The number of benzene rings is 2. The molecule has 1 aliphatic rings. The van der Waals surface area contributed by atoms with Gasteiger partial charge >= 0.3 is 0 Å². The van der Waals surface area contributed by atoms with Crippen LogP contribution in [0, 0.1) is 10.1 Å². The molecule has 4 rings (SSSR count). The highest BCUT2D eigenvalue weighted by Crippen LogP contribution is 2.34. The van der Waals surface area contributed by atoms with Gasteiger partial charge in [0.25, 0.3) is 5.69 Å². The van der Waals surface area contributed by atoms with Crippen LogP contribution in [0.25, 0.3) is 0 Å². The maximum Gasteiger partial charge on any atom is 0.269 e. The van der Waals surface area contributed by atoms with Gasteiger partial charge in [0.1, 0.15) is 5.75 Å². The van der Waals surface area contributed by atoms with E-state index in [2.05, 4.69) is 39.9 Å². The first kappa shape index (κ1) is 18.3.